The van der Waals surface area contributed by atoms with Crippen molar-refractivity contribution >= 4 is 22.6 Å². The number of unbranched alkanes of at least 4 members (excludes halogenated alkanes) is 4. The molecule has 3 rings (SSSR count). The van der Waals surface area contributed by atoms with Crippen molar-refractivity contribution in [3.8, 4) is 0 Å². The Morgan fingerprint density at radius 3 is 2.47 bits per heavy atom. The van der Waals surface area contributed by atoms with E-state index in [2.05, 4.69) is 28.3 Å². The molecule has 1 aliphatic rings. The van der Waals surface area contributed by atoms with Crippen molar-refractivity contribution in [3.63, 3.8) is 0 Å². The molecule has 5 nitrogen and oxygen atoms in total. The molecule has 0 spiro atoms. The van der Waals surface area contributed by atoms with E-state index in [0.717, 1.165) is 65.9 Å². The van der Waals surface area contributed by atoms with Crippen LogP contribution in [0, 0.1) is 6.92 Å². The molecule has 0 aliphatic carbocycles. The van der Waals surface area contributed by atoms with Crippen LogP contribution in [0.15, 0.2) is 47.4 Å². The smallest absolute Gasteiger partial charge is 0.305 e. The van der Waals surface area contributed by atoms with Gasteiger partial charge in [0.15, 0.2) is 11.0 Å². The molecule has 2 aromatic carbocycles. The van der Waals surface area contributed by atoms with E-state index in [4.69, 9.17) is 0 Å². The quantitative estimate of drug-likeness (QED) is 0.388. The monoisotopic (exact) mass is 458 g/mol. The maximum absolute atomic E-state index is 13.2. The molecule has 1 N–H and O–H groups in total. The normalized spacial score (nSPS) is 16.8. The second kappa shape index (κ2) is 13.4. The average Bonchev–Trinajstić information content (AvgIpc) is 2.91. The van der Waals surface area contributed by atoms with Crippen molar-refractivity contribution < 1.29 is 13.7 Å². The third kappa shape index (κ3) is 6.66. The van der Waals surface area contributed by atoms with Crippen molar-refractivity contribution in [2.24, 2.45) is 0 Å². The lowest BCUT2D eigenvalue weighted by molar-refractivity contribution is -0.140. The fraction of sp³-hybridized carbons (Fsp3) is 0.500. The summed E-state index contributed by atoms with van der Waals surface area (Å²) in [4.78, 5) is 12.0. The number of carbonyl (C=O) groups is 1. The zero-order valence-electron chi connectivity index (χ0n) is 20.1. The van der Waals surface area contributed by atoms with E-state index in [1.165, 1.54) is 7.11 Å². The van der Waals surface area contributed by atoms with Crippen LogP contribution in [0.5, 0.6) is 0 Å². The van der Waals surface area contributed by atoms with Crippen LogP contribution >= 0.6 is 0 Å². The molecular formula is C26H38N2O3S. The number of ether oxygens (including phenoxy) is 1. The predicted octanol–water partition coefficient (Wildman–Crippen LogP) is 5.69. The van der Waals surface area contributed by atoms with Crippen molar-refractivity contribution in [1.29, 1.82) is 0 Å². The summed E-state index contributed by atoms with van der Waals surface area (Å²) < 4.78 is 19.8. The molecule has 0 radical (unpaired) electrons. The Bertz CT molecular complexity index is 900. The zero-order chi connectivity index (χ0) is 23.5. The summed E-state index contributed by atoms with van der Waals surface area (Å²) in [5.41, 5.74) is 4.37. The lowest BCUT2D eigenvalue weighted by Gasteiger charge is -2.22. The summed E-state index contributed by atoms with van der Waals surface area (Å²) in [5, 5.41) is 3.72. The number of hydrogen-bond acceptors (Lipinski definition) is 4. The van der Waals surface area contributed by atoms with Crippen molar-refractivity contribution in [1.82, 2.24) is 5.32 Å². The number of hydrogen-bond donors (Lipinski definition) is 1. The highest BCUT2D eigenvalue weighted by atomic mass is 32.2. The molecule has 2 unspecified atom stereocenters. The predicted molar refractivity (Wildman–Crippen MR) is 133 cm³/mol. The lowest BCUT2D eigenvalue weighted by atomic mass is 9.96. The van der Waals surface area contributed by atoms with Gasteiger partial charge < -0.3 is 10.1 Å². The second-order valence-corrected chi connectivity index (χ2v) is 9.31. The van der Waals surface area contributed by atoms with Crippen molar-refractivity contribution in [2.75, 3.05) is 25.0 Å². The largest absolute Gasteiger partial charge is 0.469 e. The first-order valence-corrected chi connectivity index (χ1v) is 12.8. The molecule has 2 aromatic rings. The molecule has 176 valence electrons. The maximum Gasteiger partial charge on any atom is 0.305 e. The number of aryl methyl sites for hydroxylation is 1. The van der Waals surface area contributed by atoms with Gasteiger partial charge in [-0.2, -0.15) is 0 Å². The lowest BCUT2D eigenvalue weighted by Crippen LogP contribution is -2.24. The molecule has 0 amide bonds. The van der Waals surface area contributed by atoms with Gasteiger partial charge in [-0.15, -0.1) is 0 Å². The minimum absolute atomic E-state index is 0.0185. The molecule has 6 heteroatoms. The Hall–Kier alpha value is -2.18. The van der Waals surface area contributed by atoms with E-state index in [1.807, 2.05) is 56.4 Å². The van der Waals surface area contributed by atoms with Crippen LogP contribution in [0.4, 0.5) is 5.69 Å². The van der Waals surface area contributed by atoms with E-state index < -0.39 is 11.0 Å². The highest BCUT2D eigenvalue weighted by molar-refractivity contribution is 7.86. The van der Waals surface area contributed by atoms with E-state index in [9.17, 15) is 9.00 Å². The average molecular weight is 459 g/mol. The zero-order valence-corrected chi connectivity index (χ0v) is 21.0. The Morgan fingerprint density at radius 1 is 1.03 bits per heavy atom. The Morgan fingerprint density at radius 2 is 1.72 bits per heavy atom. The minimum atomic E-state index is -1.23. The highest BCUT2D eigenvalue weighted by Crippen LogP contribution is 2.38. The molecule has 0 saturated heterocycles. The van der Waals surface area contributed by atoms with Crippen LogP contribution in [-0.2, 0) is 20.5 Å². The molecular weight excluding hydrogens is 420 g/mol. The fourth-order valence-corrected chi connectivity index (χ4v) is 5.26. The first-order chi connectivity index (χ1) is 15.5. The van der Waals surface area contributed by atoms with Gasteiger partial charge in [-0.05, 0) is 55.1 Å². The topological polar surface area (TPSA) is 58.6 Å². The molecule has 0 bridgehead atoms. The van der Waals surface area contributed by atoms with Crippen molar-refractivity contribution in [3.05, 3.63) is 59.2 Å². The number of nitrogens with one attached hydrogen (secondary N) is 1. The van der Waals surface area contributed by atoms with Gasteiger partial charge in [-0.1, -0.05) is 63.4 Å². The van der Waals surface area contributed by atoms with Gasteiger partial charge in [0.25, 0.3) is 0 Å². The van der Waals surface area contributed by atoms with E-state index in [0.29, 0.717) is 6.42 Å². The van der Waals surface area contributed by atoms with Crippen LogP contribution in [0.1, 0.15) is 75.1 Å². The number of rotatable bonds is 9. The number of para-hydroxylation sites is 1. The summed E-state index contributed by atoms with van der Waals surface area (Å²) in [5.74, 6) is -0.125. The first kappa shape index (κ1) is 26.1. The Labute approximate surface area is 196 Å². The Kier molecular flexibility index (Phi) is 10.9. The number of carbonyl (C=O) groups excluding carboxylic acids is 1. The van der Waals surface area contributed by atoms with Crippen LogP contribution in [-0.4, -0.2) is 30.9 Å². The van der Waals surface area contributed by atoms with Crippen LogP contribution in [0.25, 0.3) is 0 Å². The SMILES string of the molecule is CC.COC(=O)CCCCCCCNC1c2ccccc2N(C)S(=O)c2cc(C)ccc21. The standard InChI is InChI=1S/C24H32N2O3S.C2H6/c1-18-14-15-20-22(17-18)30(28)26(2)21-12-9-8-11-19(21)24(20)25-16-10-6-4-5-7-13-23(27)29-3;1-2/h8-9,11-12,14-15,17,24-25H,4-7,10,13,16H2,1-3H3;1-2H3. The third-order valence-electron chi connectivity index (χ3n) is 5.64. The molecule has 0 fully saturated rings. The van der Waals surface area contributed by atoms with E-state index in [1.54, 1.807) is 0 Å². The number of nitrogens with zero attached hydrogens (tertiary/aromatic N) is 1. The van der Waals surface area contributed by atoms with Crippen LogP contribution in [0.3, 0.4) is 0 Å². The third-order valence-corrected chi connectivity index (χ3v) is 7.06. The molecule has 2 atom stereocenters. The van der Waals surface area contributed by atoms with E-state index in [-0.39, 0.29) is 12.0 Å². The van der Waals surface area contributed by atoms with Crippen LogP contribution < -0.4 is 9.62 Å². The number of benzene rings is 2. The summed E-state index contributed by atoms with van der Waals surface area (Å²) in [7, 11) is 2.11. The number of fused-ring (bicyclic) bond motifs is 2. The van der Waals surface area contributed by atoms with Crippen LogP contribution in [0.2, 0.25) is 0 Å². The van der Waals surface area contributed by atoms with E-state index >= 15 is 0 Å². The first-order valence-electron chi connectivity index (χ1n) is 11.7. The van der Waals surface area contributed by atoms with Gasteiger partial charge in [-0.25, -0.2) is 4.21 Å². The molecule has 1 heterocycles. The summed E-state index contributed by atoms with van der Waals surface area (Å²) >= 11 is 0. The minimum Gasteiger partial charge on any atom is -0.469 e. The van der Waals surface area contributed by atoms with Gasteiger partial charge in [-0.3, -0.25) is 9.10 Å². The maximum atomic E-state index is 13.2. The Balaban J connectivity index is 0.00000176. The molecule has 32 heavy (non-hydrogen) atoms. The molecule has 1 aliphatic heterocycles. The number of methoxy groups -OCH3 is 1. The summed E-state index contributed by atoms with van der Waals surface area (Å²) in [6.07, 6.45) is 5.75. The van der Waals surface area contributed by atoms with Gasteiger partial charge in [0.1, 0.15) is 0 Å². The van der Waals surface area contributed by atoms with Gasteiger partial charge in [0, 0.05) is 13.5 Å². The van der Waals surface area contributed by atoms with Gasteiger partial charge in [0.05, 0.1) is 23.7 Å². The molecule has 0 aromatic heterocycles. The number of anilines is 1. The fourth-order valence-electron chi connectivity index (χ4n) is 3.95. The number of esters is 1. The highest BCUT2D eigenvalue weighted by Gasteiger charge is 2.29. The second-order valence-electron chi connectivity index (χ2n) is 7.83. The molecule has 0 saturated carbocycles. The van der Waals surface area contributed by atoms with Crippen molar-refractivity contribution in [2.45, 2.75) is 70.2 Å². The summed E-state index contributed by atoms with van der Waals surface area (Å²) in [6.45, 7) is 6.93. The summed E-state index contributed by atoms with van der Waals surface area (Å²) in [6, 6.07) is 14.5. The van der Waals surface area contributed by atoms with Gasteiger partial charge in [0.2, 0.25) is 0 Å². The van der Waals surface area contributed by atoms with Gasteiger partial charge >= 0.3 is 5.97 Å².